The van der Waals surface area contributed by atoms with Gasteiger partial charge in [-0.25, -0.2) is 4.98 Å². The molecule has 0 bridgehead atoms. The molecule has 7 nitrogen and oxygen atoms in total. The third kappa shape index (κ3) is 5.71. The number of amides is 1. The Kier molecular flexibility index (Phi) is 7.51. The number of hydrogen-bond donors (Lipinski definition) is 1. The van der Waals surface area contributed by atoms with Crippen molar-refractivity contribution in [2.24, 2.45) is 5.73 Å². The van der Waals surface area contributed by atoms with Gasteiger partial charge in [0.2, 0.25) is 0 Å². The van der Waals surface area contributed by atoms with Crippen molar-refractivity contribution in [1.82, 2.24) is 24.8 Å². The van der Waals surface area contributed by atoms with Crippen LogP contribution in [0.4, 0.5) is 0 Å². The summed E-state index contributed by atoms with van der Waals surface area (Å²) in [4.78, 5) is 33.6. The van der Waals surface area contributed by atoms with E-state index in [1.54, 1.807) is 48.0 Å². The lowest BCUT2D eigenvalue weighted by atomic mass is 9.96. The predicted octanol–water partition coefficient (Wildman–Crippen LogP) is 6.06. The van der Waals surface area contributed by atoms with E-state index >= 15 is 0 Å². The van der Waals surface area contributed by atoms with Crippen LogP contribution in [0.1, 0.15) is 27.2 Å². The SMILES string of the molecule is NCc1ccc(-c2nc3ccnc(CN(Cc4ccncc4)C(=O)c4ccncc4)c3cc2-c2ccccc2)cc1. The van der Waals surface area contributed by atoms with Gasteiger partial charge < -0.3 is 10.6 Å². The van der Waals surface area contributed by atoms with E-state index in [2.05, 4.69) is 40.3 Å². The van der Waals surface area contributed by atoms with E-state index in [9.17, 15) is 4.79 Å². The maximum atomic E-state index is 13.7. The van der Waals surface area contributed by atoms with Crippen LogP contribution >= 0.6 is 0 Å². The van der Waals surface area contributed by atoms with Gasteiger partial charge in [-0.05, 0) is 53.1 Å². The molecule has 0 aliphatic rings. The molecule has 2 aromatic carbocycles. The number of aromatic nitrogens is 4. The molecule has 0 aliphatic carbocycles. The Bertz CT molecular complexity index is 1780. The molecule has 0 unspecified atom stereocenters. The highest BCUT2D eigenvalue weighted by Crippen LogP contribution is 2.34. The number of rotatable bonds is 8. The molecule has 200 valence electrons. The van der Waals surface area contributed by atoms with Crippen LogP contribution in [0, 0.1) is 0 Å². The Morgan fingerprint density at radius 1 is 0.707 bits per heavy atom. The second kappa shape index (κ2) is 11.9. The predicted molar refractivity (Wildman–Crippen MR) is 160 cm³/mol. The summed E-state index contributed by atoms with van der Waals surface area (Å²) in [5.41, 5.74) is 14.0. The van der Waals surface area contributed by atoms with Crippen LogP contribution in [-0.4, -0.2) is 30.7 Å². The highest BCUT2D eigenvalue weighted by molar-refractivity contribution is 5.95. The standard InChI is InChI=1S/C34H28N6O/c35-21-24-6-8-27(9-7-24)33-29(26-4-2-1-3-5-26)20-30-31(39-33)14-19-38-32(30)23-40(22-25-10-15-36-16-11-25)34(41)28-12-17-37-18-13-28/h1-20H,21-23,35H2. The molecule has 41 heavy (non-hydrogen) atoms. The minimum Gasteiger partial charge on any atom is -0.328 e. The van der Waals surface area contributed by atoms with Crippen LogP contribution in [0.3, 0.4) is 0 Å². The van der Waals surface area contributed by atoms with Gasteiger partial charge in [-0.1, -0.05) is 54.6 Å². The van der Waals surface area contributed by atoms with E-state index in [4.69, 9.17) is 15.7 Å². The summed E-state index contributed by atoms with van der Waals surface area (Å²) in [5, 5.41) is 0.899. The first-order valence-corrected chi connectivity index (χ1v) is 13.4. The van der Waals surface area contributed by atoms with Crippen molar-refractivity contribution in [1.29, 1.82) is 0 Å². The second-order valence-electron chi connectivity index (χ2n) is 9.73. The van der Waals surface area contributed by atoms with Gasteiger partial charge in [0, 0.05) is 66.2 Å². The summed E-state index contributed by atoms with van der Waals surface area (Å²) in [6.07, 6.45) is 8.49. The third-order valence-corrected chi connectivity index (χ3v) is 7.05. The summed E-state index contributed by atoms with van der Waals surface area (Å²) in [6.45, 7) is 1.20. The van der Waals surface area contributed by atoms with E-state index in [1.807, 2.05) is 48.5 Å². The van der Waals surface area contributed by atoms with E-state index in [0.717, 1.165) is 50.1 Å². The molecule has 4 aromatic heterocycles. The third-order valence-electron chi connectivity index (χ3n) is 7.05. The summed E-state index contributed by atoms with van der Waals surface area (Å²) >= 11 is 0. The number of carbonyl (C=O) groups is 1. The molecule has 1 amide bonds. The van der Waals surface area contributed by atoms with Crippen molar-refractivity contribution in [3.05, 3.63) is 144 Å². The lowest BCUT2D eigenvalue weighted by molar-refractivity contribution is 0.0728. The lowest BCUT2D eigenvalue weighted by Gasteiger charge is -2.23. The fourth-order valence-corrected chi connectivity index (χ4v) is 4.90. The molecule has 0 atom stereocenters. The fraction of sp³-hybridized carbons (Fsp3) is 0.0882. The Balaban J connectivity index is 1.46. The molecule has 0 aliphatic heterocycles. The van der Waals surface area contributed by atoms with E-state index in [0.29, 0.717) is 25.2 Å². The van der Waals surface area contributed by atoms with Gasteiger partial charge in [-0.3, -0.25) is 19.7 Å². The van der Waals surface area contributed by atoms with Gasteiger partial charge in [0.1, 0.15) is 0 Å². The Morgan fingerprint density at radius 3 is 2.12 bits per heavy atom. The first kappa shape index (κ1) is 26.0. The minimum absolute atomic E-state index is 0.101. The zero-order chi connectivity index (χ0) is 28.0. The molecule has 6 aromatic rings. The smallest absolute Gasteiger partial charge is 0.254 e. The first-order chi connectivity index (χ1) is 20.2. The molecular weight excluding hydrogens is 508 g/mol. The van der Waals surface area contributed by atoms with Crippen molar-refractivity contribution in [2.75, 3.05) is 0 Å². The molecule has 6 rings (SSSR count). The zero-order valence-corrected chi connectivity index (χ0v) is 22.4. The van der Waals surface area contributed by atoms with Gasteiger partial charge in [0.05, 0.1) is 23.4 Å². The number of carbonyl (C=O) groups excluding carboxylic acids is 1. The van der Waals surface area contributed by atoms with E-state index in [1.165, 1.54) is 0 Å². The van der Waals surface area contributed by atoms with Gasteiger partial charge in [-0.2, -0.15) is 0 Å². The summed E-state index contributed by atoms with van der Waals surface area (Å²) in [5.74, 6) is -0.101. The number of nitrogens with two attached hydrogens (primary N) is 1. The Morgan fingerprint density at radius 2 is 1.41 bits per heavy atom. The molecule has 2 N–H and O–H groups in total. The molecular formula is C34H28N6O. The maximum Gasteiger partial charge on any atom is 0.254 e. The summed E-state index contributed by atoms with van der Waals surface area (Å²) in [7, 11) is 0. The highest BCUT2D eigenvalue weighted by atomic mass is 16.2. The molecule has 0 fully saturated rings. The second-order valence-corrected chi connectivity index (χ2v) is 9.73. The van der Waals surface area contributed by atoms with Crippen LogP contribution in [0.2, 0.25) is 0 Å². The average Bonchev–Trinajstić information content (AvgIpc) is 3.05. The molecule has 7 heteroatoms. The van der Waals surface area contributed by atoms with Crippen LogP contribution < -0.4 is 5.73 Å². The molecule has 0 saturated carbocycles. The number of hydrogen-bond acceptors (Lipinski definition) is 6. The molecule has 0 spiro atoms. The van der Waals surface area contributed by atoms with Crippen molar-refractivity contribution in [2.45, 2.75) is 19.6 Å². The number of benzene rings is 2. The summed E-state index contributed by atoms with van der Waals surface area (Å²) in [6, 6.07) is 29.8. The average molecular weight is 537 g/mol. The Hall–Kier alpha value is -5.27. The number of fused-ring (bicyclic) bond motifs is 1. The van der Waals surface area contributed by atoms with Crippen molar-refractivity contribution >= 4 is 16.8 Å². The van der Waals surface area contributed by atoms with Crippen LogP contribution in [-0.2, 0) is 19.6 Å². The minimum atomic E-state index is -0.101. The van der Waals surface area contributed by atoms with Gasteiger partial charge in [-0.15, -0.1) is 0 Å². The quantitative estimate of drug-likeness (QED) is 0.254. The van der Waals surface area contributed by atoms with Crippen molar-refractivity contribution < 1.29 is 4.79 Å². The maximum absolute atomic E-state index is 13.7. The molecule has 0 saturated heterocycles. The zero-order valence-electron chi connectivity index (χ0n) is 22.4. The van der Waals surface area contributed by atoms with Crippen LogP contribution in [0.15, 0.2) is 122 Å². The van der Waals surface area contributed by atoms with E-state index < -0.39 is 0 Å². The van der Waals surface area contributed by atoms with Gasteiger partial charge in [0.15, 0.2) is 0 Å². The number of pyridine rings is 4. The van der Waals surface area contributed by atoms with E-state index in [-0.39, 0.29) is 5.91 Å². The van der Waals surface area contributed by atoms with Crippen LogP contribution in [0.5, 0.6) is 0 Å². The largest absolute Gasteiger partial charge is 0.328 e. The Labute approximate surface area is 238 Å². The number of nitrogens with zero attached hydrogens (tertiary/aromatic N) is 5. The fourth-order valence-electron chi connectivity index (χ4n) is 4.90. The normalized spacial score (nSPS) is 11.0. The van der Waals surface area contributed by atoms with Gasteiger partial charge >= 0.3 is 0 Å². The van der Waals surface area contributed by atoms with Crippen molar-refractivity contribution in [3.63, 3.8) is 0 Å². The molecule has 0 radical (unpaired) electrons. The lowest BCUT2D eigenvalue weighted by Crippen LogP contribution is -2.30. The topological polar surface area (TPSA) is 97.9 Å². The van der Waals surface area contributed by atoms with Crippen molar-refractivity contribution in [3.8, 4) is 22.4 Å². The summed E-state index contributed by atoms with van der Waals surface area (Å²) < 4.78 is 0. The van der Waals surface area contributed by atoms with Crippen LogP contribution in [0.25, 0.3) is 33.3 Å². The monoisotopic (exact) mass is 536 g/mol. The molecule has 4 heterocycles. The first-order valence-electron chi connectivity index (χ1n) is 13.4. The van der Waals surface area contributed by atoms with Gasteiger partial charge in [0.25, 0.3) is 5.91 Å². The highest BCUT2D eigenvalue weighted by Gasteiger charge is 2.20.